The molecule has 2 atom stereocenters. The van der Waals surface area contributed by atoms with Crippen molar-refractivity contribution in [3.05, 3.63) is 54.0 Å². The number of benzene rings is 1. The van der Waals surface area contributed by atoms with Gasteiger partial charge in [0.05, 0.1) is 0 Å². The fourth-order valence-electron chi connectivity index (χ4n) is 3.37. The zero-order valence-electron chi connectivity index (χ0n) is 17.9. The highest BCUT2D eigenvalue weighted by molar-refractivity contribution is 14.0. The number of nitrogens with one attached hydrogen (secondary N) is 2. The maximum Gasteiger partial charge on any atom is 0.219 e. The largest absolute Gasteiger partial charge is 0.439 e. The number of guanidine groups is 1. The second-order valence-electron chi connectivity index (χ2n) is 7.76. The van der Waals surface area contributed by atoms with E-state index >= 15 is 0 Å². The number of nitrogens with zero attached hydrogens (tertiary/aromatic N) is 3. The molecular weight excluding hydrogens is 496 g/mol. The topological polar surface area (TPSA) is 61.8 Å². The standard InChI is InChI=1S/C22H30FN5O.HI/c1-15(2)28-13-16(3)20(14-28)27-22(24-4)26-12-17-5-10-21(25-11-17)29-19-8-6-18(23)7-9-19;/h5-11,15-16,20H,12-14H2,1-4H3,(H2,24,26,27);1H. The molecule has 0 spiro atoms. The summed E-state index contributed by atoms with van der Waals surface area (Å²) in [7, 11) is 1.78. The van der Waals surface area contributed by atoms with E-state index < -0.39 is 0 Å². The van der Waals surface area contributed by atoms with Crippen molar-refractivity contribution in [1.82, 2.24) is 20.5 Å². The summed E-state index contributed by atoms with van der Waals surface area (Å²) in [6.07, 6.45) is 1.76. The number of aromatic nitrogens is 1. The molecule has 1 aliphatic heterocycles. The fraction of sp³-hybridized carbons (Fsp3) is 0.455. The molecule has 2 aromatic rings. The molecule has 30 heavy (non-hydrogen) atoms. The van der Waals surface area contributed by atoms with Gasteiger partial charge >= 0.3 is 0 Å². The van der Waals surface area contributed by atoms with E-state index in [-0.39, 0.29) is 29.8 Å². The van der Waals surface area contributed by atoms with Crippen LogP contribution in [0, 0.1) is 11.7 Å². The van der Waals surface area contributed by atoms with Crippen molar-refractivity contribution in [2.75, 3.05) is 20.1 Å². The average molecular weight is 527 g/mol. The van der Waals surface area contributed by atoms with Crippen LogP contribution in [0.5, 0.6) is 11.6 Å². The smallest absolute Gasteiger partial charge is 0.219 e. The Morgan fingerprint density at radius 3 is 2.53 bits per heavy atom. The normalized spacial score (nSPS) is 19.5. The van der Waals surface area contributed by atoms with Gasteiger partial charge in [0.2, 0.25) is 5.88 Å². The summed E-state index contributed by atoms with van der Waals surface area (Å²) < 4.78 is 18.6. The monoisotopic (exact) mass is 527 g/mol. The van der Waals surface area contributed by atoms with Gasteiger partial charge in [-0.25, -0.2) is 9.37 Å². The van der Waals surface area contributed by atoms with Gasteiger partial charge < -0.3 is 15.4 Å². The number of aliphatic imine (C=N–C) groups is 1. The van der Waals surface area contributed by atoms with Crippen LogP contribution in [-0.4, -0.2) is 48.1 Å². The summed E-state index contributed by atoms with van der Waals surface area (Å²) in [5, 5.41) is 6.89. The van der Waals surface area contributed by atoms with Gasteiger partial charge in [0.1, 0.15) is 11.6 Å². The molecule has 8 heteroatoms. The number of ether oxygens (including phenoxy) is 1. The second kappa shape index (κ2) is 11.5. The van der Waals surface area contributed by atoms with Crippen molar-refractivity contribution in [3.8, 4) is 11.6 Å². The molecular formula is C22H31FIN5O. The van der Waals surface area contributed by atoms with Gasteiger partial charge in [-0.15, -0.1) is 24.0 Å². The zero-order valence-corrected chi connectivity index (χ0v) is 20.3. The maximum absolute atomic E-state index is 13.0. The number of hydrogen-bond donors (Lipinski definition) is 2. The Morgan fingerprint density at radius 1 is 1.23 bits per heavy atom. The van der Waals surface area contributed by atoms with E-state index in [1.807, 2.05) is 6.07 Å². The molecule has 1 aromatic carbocycles. The Hall–Kier alpha value is -1.94. The lowest BCUT2D eigenvalue weighted by atomic mass is 10.1. The molecule has 1 aliphatic rings. The third-order valence-electron chi connectivity index (χ3n) is 5.21. The third kappa shape index (κ3) is 6.80. The van der Waals surface area contributed by atoms with Crippen molar-refractivity contribution in [2.24, 2.45) is 10.9 Å². The lowest BCUT2D eigenvalue weighted by Crippen LogP contribution is -2.46. The molecule has 1 saturated heterocycles. The second-order valence-corrected chi connectivity index (χ2v) is 7.76. The Bertz CT molecular complexity index is 813. The Balaban J connectivity index is 0.00000320. The number of halogens is 2. The minimum atomic E-state index is -0.294. The lowest BCUT2D eigenvalue weighted by Gasteiger charge is -2.22. The molecule has 2 heterocycles. The van der Waals surface area contributed by atoms with Crippen LogP contribution in [0.3, 0.4) is 0 Å². The van der Waals surface area contributed by atoms with Crippen LogP contribution in [0.1, 0.15) is 26.3 Å². The summed E-state index contributed by atoms with van der Waals surface area (Å²) in [5.41, 5.74) is 1.02. The van der Waals surface area contributed by atoms with Crippen LogP contribution in [0.4, 0.5) is 4.39 Å². The summed E-state index contributed by atoms with van der Waals surface area (Å²) in [4.78, 5) is 11.2. The molecule has 6 nitrogen and oxygen atoms in total. The summed E-state index contributed by atoms with van der Waals surface area (Å²) in [6.45, 7) is 9.48. The first-order chi connectivity index (χ1) is 13.9. The van der Waals surface area contributed by atoms with E-state index in [9.17, 15) is 4.39 Å². The van der Waals surface area contributed by atoms with Crippen LogP contribution >= 0.6 is 24.0 Å². The fourth-order valence-corrected chi connectivity index (χ4v) is 3.37. The SMILES string of the molecule is CN=C(NCc1ccc(Oc2ccc(F)cc2)nc1)NC1CN(C(C)C)CC1C.I. The maximum atomic E-state index is 13.0. The number of pyridine rings is 1. The number of likely N-dealkylation sites (tertiary alicyclic amines) is 1. The van der Waals surface area contributed by atoms with E-state index in [1.54, 1.807) is 31.4 Å². The first-order valence-corrected chi connectivity index (χ1v) is 10.0. The molecule has 2 unspecified atom stereocenters. The first-order valence-electron chi connectivity index (χ1n) is 10.0. The van der Waals surface area contributed by atoms with E-state index in [0.717, 1.165) is 24.6 Å². The zero-order chi connectivity index (χ0) is 20.8. The highest BCUT2D eigenvalue weighted by atomic mass is 127. The van der Waals surface area contributed by atoms with Gasteiger partial charge in [0.15, 0.2) is 5.96 Å². The van der Waals surface area contributed by atoms with E-state index in [4.69, 9.17) is 4.74 Å². The van der Waals surface area contributed by atoms with Crippen molar-refractivity contribution < 1.29 is 9.13 Å². The van der Waals surface area contributed by atoms with E-state index in [2.05, 4.69) is 46.3 Å². The molecule has 0 amide bonds. The van der Waals surface area contributed by atoms with Crippen LogP contribution < -0.4 is 15.4 Å². The van der Waals surface area contributed by atoms with Crippen LogP contribution in [0.25, 0.3) is 0 Å². The van der Waals surface area contributed by atoms with Gasteiger partial charge in [-0.05, 0) is 49.6 Å². The molecule has 2 N–H and O–H groups in total. The van der Waals surface area contributed by atoms with Gasteiger partial charge in [-0.3, -0.25) is 9.89 Å². The molecule has 0 bridgehead atoms. The van der Waals surface area contributed by atoms with Gasteiger partial charge in [0.25, 0.3) is 0 Å². The molecule has 1 fully saturated rings. The summed E-state index contributed by atoms with van der Waals surface area (Å²) >= 11 is 0. The molecule has 164 valence electrons. The lowest BCUT2D eigenvalue weighted by molar-refractivity contribution is 0.265. The first kappa shape index (κ1) is 24.3. The Kier molecular flexibility index (Phi) is 9.29. The van der Waals surface area contributed by atoms with Gasteiger partial charge in [-0.2, -0.15) is 0 Å². The van der Waals surface area contributed by atoms with E-state index in [1.165, 1.54) is 12.1 Å². The third-order valence-corrected chi connectivity index (χ3v) is 5.21. The van der Waals surface area contributed by atoms with Crippen LogP contribution in [0.2, 0.25) is 0 Å². The quantitative estimate of drug-likeness (QED) is 0.338. The number of rotatable bonds is 6. The highest BCUT2D eigenvalue weighted by Crippen LogP contribution is 2.20. The average Bonchev–Trinajstić information content (AvgIpc) is 3.08. The highest BCUT2D eigenvalue weighted by Gasteiger charge is 2.31. The predicted octanol–water partition coefficient (Wildman–Crippen LogP) is 4.02. The van der Waals surface area contributed by atoms with Gasteiger partial charge in [-0.1, -0.05) is 13.0 Å². The van der Waals surface area contributed by atoms with Crippen molar-refractivity contribution in [3.63, 3.8) is 0 Å². The van der Waals surface area contributed by atoms with Crippen molar-refractivity contribution in [2.45, 2.75) is 39.4 Å². The summed E-state index contributed by atoms with van der Waals surface area (Å²) in [6, 6.07) is 10.6. The minimum absolute atomic E-state index is 0. The molecule has 0 aliphatic carbocycles. The van der Waals surface area contributed by atoms with Crippen molar-refractivity contribution >= 4 is 29.9 Å². The molecule has 0 radical (unpaired) electrons. The molecule has 1 aromatic heterocycles. The summed E-state index contributed by atoms with van der Waals surface area (Å²) in [5.74, 6) is 2.09. The predicted molar refractivity (Wildman–Crippen MR) is 129 cm³/mol. The Morgan fingerprint density at radius 2 is 1.97 bits per heavy atom. The van der Waals surface area contributed by atoms with Gasteiger partial charge in [0, 0.05) is 51.0 Å². The number of hydrogen-bond acceptors (Lipinski definition) is 4. The Labute approximate surface area is 195 Å². The van der Waals surface area contributed by atoms with E-state index in [0.29, 0.717) is 36.2 Å². The molecule has 3 rings (SSSR count). The van der Waals surface area contributed by atoms with Crippen LogP contribution in [-0.2, 0) is 6.54 Å². The minimum Gasteiger partial charge on any atom is -0.439 e. The molecule has 0 saturated carbocycles. The van der Waals surface area contributed by atoms with Crippen LogP contribution in [0.15, 0.2) is 47.6 Å². The van der Waals surface area contributed by atoms with Crippen molar-refractivity contribution in [1.29, 1.82) is 0 Å².